The number of hydrogen-bond donors (Lipinski definition) is 0. The van der Waals surface area contributed by atoms with E-state index in [0.717, 1.165) is 5.56 Å². The number of carbonyl (C=O) groups is 1. The molecule has 0 bridgehead atoms. The van der Waals surface area contributed by atoms with Crippen LogP contribution in [0.5, 0.6) is 5.88 Å². The second kappa shape index (κ2) is 10.3. The first-order valence-electron chi connectivity index (χ1n) is 9.97. The molecule has 0 aliphatic heterocycles. The van der Waals surface area contributed by atoms with E-state index in [0.29, 0.717) is 17.7 Å². The number of rotatable bonds is 9. The fraction of sp³-hybridized carbons (Fsp3) is 0.333. The van der Waals surface area contributed by atoms with E-state index in [4.69, 9.17) is 21.1 Å². The number of benzene rings is 1. The molecule has 1 atom stereocenters. The number of pyridine rings is 1. The predicted molar refractivity (Wildman–Crippen MR) is 113 cm³/mol. The summed E-state index contributed by atoms with van der Waals surface area (Å²) in [6.45, 7) is 2.58. The maximum Gasteiger partial charge on any atom is 0.425 e. The third-order valence-electron chi connectivity index (χ3n) is 4.68. The predicted octanol–water partition coefficient (Wildman–Crippen LogP) is 4.01. The van der Waals surface area contributed by atoms with Crippen molar-refractivity contribution in [2.24, 2.45) is 0 Å². The normalized spacial score (nSPS) is 12.6. The summed E-state index contributed by atoms with van der Waals surface area (Å²) < 4.78 is 65.7. The average Bonchev–Trinajstić information content (AvgIpc) is 3.09. The molecule has 2 aromatic heterocycles. The summed E-state index contributed by atoms with van der Waals surface area (Å²) in [5.74, 6) is -2.72. The molecule has 3 aromatic rings. The second-order valence-corrected chi connectivity index (χ2v) is 7.40. The zero-order valence-electron chi connectivity index (χ0n) is 18.0. The Bertz CT molecular complexity index is 1230. The van der Waals surface area contributed by atoms with Gasteiger partial charge in [-0.2, -0.15) is 22.8 Å². The van der Waals surface area contributed by atoms with Crippen LogP contribution in [0.3, 0.4) is 0 Å². The van der Waals surface area contributed by atoms with Crippen molar-refractivity contribution in [2.45, 2.75) is 45.9 Å². The van der Waals surface area contributed by atoms with Gasteiger partial charge in [0.15, 0.2) is 23.6 Å². The molecule has 0 fully saturated rings. The van der Waals surface area contributed by atoms with Gasteiger partial charge < -0.3 is 9.47 Å². The number of nitrogens with zero attached hydrogens (tertiary/aromatic N) is 4. The molecule has 1 unspecified atom stereocenters. The molecule has 3 rings (SSSR count). The van der Waals surface area contributed by atoms with Crippen molar-refractivity contribution >= 4 is 16.8 Å². The summed E-state index contributed by atoms with van der Waals surface area (Å²) in [6, 6.07) is 9.73. The standard InChI is InChI=1S/C21H19ClF4N4O4/c1-3-29-16(11-33-10-13-7-5-4-6-8-13)28-30(20(29)32)18-15(23)9-14(17(22)31)19(27-18)34-12(2)21(24,25)26/h4-9,12H,3,10-11H2,1-2H3. The Labute approximate surface area is 195 Å². The summed E-state index contributed by atoms with van der Waals surface area (Å²) >= 11 is 5.36. The Morgan fingerprint density at radius 1 is 1.21 bits per heavy atom. The van der Waals surface area contributed by atoms with Gasteiger partial charge in [0, 0.05) is 6.54 Å². The lowest BCUT2D eigenvalue weighted by atomic mass is 10.2. The van der Waals surface area contributed by atoms with Crippen LogP contribution in [0, 0.1) is 5.82 Å². The summed E-state index contributed by atoms with van der Waals surface area (Å²) in [7, 11) is 0. The number of aromatic nitrogens is 4. The van der Waals surface area contributed by atoms with Gasteiger partial charge in [-0.1, -0.05) is 30.3 Å². The number of halogens is 5. The van der Waals surface area contributed by atoms with Gasteiger partial charge in [-0.15, -0.1) is 5.10 Å². The minimum Gasteiger partial charge on any atom is -0.464 e. The fourth-order valence-corrected chi connectivity index (χ4v) is 3.05. The minimum absolute atomic E-state index is 0.112. The van der Waals surface area contributed by atoms with E-state index in [2.05, 4.69) is 10.1 Å². The van der Waals surface area contributed by atoms with Gasteiger partial charge in [0.05, 0.1) is 12.2 Å². The van der Waals surface area contributed by atoms with Crippen molar-refractivity contribution < 1.29 is 31.8 Å². The van der Waals surface area contributed by atoms with Gasteiger partial charge in [-0.05, 0) is 37.1 Å². The number of ether oxygens (including phenoxy) is 2. The third-order valence-corrected chi connectivity index (χ3v) is 4.89. The van der Waals surface area contributed by atoms with Gasteiger partial charge in [0.2, 0.25) is 5.88 Å². The van der Waals surface area contributed by atoms with Crippen LogP contribution in [-0.4, -0.2) is 36.9 Å². The van der Waals surface area contributed by atoms with Gasteiger partial charge >= 0.3 is 11.9 Å². The van der Waals surface area contributed by atoms with Crippen LogP contribution >= 0.6 is 11.6 Å². The van der Waals surface area contributed by atoms with E-state index >= 15 is 0 Å². The van der Waals surface area contributed by atoms with Crippen LogP contribution < -0.4 is 10.4 Å². The Balaban J connectivity index is 1.97. The molecular formula is C21H19ClF4N4O4. The van der Waals surface area contributed by atoms with Gasteiger partial charge in [-0.25, -0.2) is 9.18 Å². The second-order valence-electron chi connectivity index (χ2n) is 7.06. The monoisotopic (exact) mass is 502 g/mol. The number of hydrogen-bond acceptors (Lipinski definition) is 6. The molecule has 8 nitrogen and oxygen atoms in total. The lowest BCUT2D eigenvalue weighted by molar-refractivity contribution is -0.190. The molecule has 0 aliphatic rings. The zero-order chi connectivity index (χ0) is 25.0. The maximum atomic E-state index is 14.8. The molecule has 0 aliphatic carbocycles. The molecule has 0 radical (unpaired) electrons. The van der Waals surface area contributed by atoms with Crippen molar-refractivity contribution in [2.75, 3.05) is 0 Å². The highest BCUT2D eigenvalue weighted by molar-refractivity contribution is 6.68. The first-order valence-corrected chi connectivity index (χ1v) is 10.3. The van der Waals surface area contributed by atoms with Gasteiger partial charge in [0.1, 0.15) is 6.61 Å². The Morgan fingerprint density at radius 2 is 1.88 bits per heavy atom. The lowest BCUT2D eigenvalue weighted by Gasteiger charge is -2.18. The Kier molecular flexibility index (Phi) is 7.72. The fourth-order valence-electron chi connectivity index (χ4n) is 2.91. The van der Waals surface area contributed by atoms with Crippen LogP contribution in [-0.2, 0) is 24.5 Å². The van der Waals surface area contributed by atoms with Crippen molar-refractivity contribution in [1.82, 2.24) is 19.3 Å². The highest BCUT2D eigenvalue weighted by Gasteiger charge is 2.39. The highest BCUT2D eigenvalue weighted by atomic mass is 35.5. The Hall–Kier alpha value is -3.25. The van der Waals surface area contributed by atoms with Crippen molar-refractivity contribution in [3.63, 3.8) is 0 Å². The molecule has 0 amide bonds. The van der Waals surface area contributed by atoms with Crippen LogP contribution in [0.1, 0.15) is 35.6 Å². The van der Waals surface area contributed by atoms with Gasteiger partial charge in [-0.3, -0.25) is 9.36 Å². The minimum atomic E-state index is -4.80. The zero-order valence-corrected chi connectivity index (χ0v) is 18.7. The molecular weight excluding hydrogens is 484 g/mol. The molecule has 34 heavy (non-hydrogen) atoms. The van der Waals surface area contributed by atoms with Gasteiger partial charge in [0.25, 0.3) is 5.24 Å². The van der Waals surface area contributed by atoms with E-state index in [9.17, 15) is 27.2 Å². The average molecular weight is 503 g/mol. The lowest BCUT2D eigenvalue weighted by Crippen LogP contribution is -2.32. The van der Waals surface area contributed by atoms with Crippen LogP contribution in [0.25, 0.3) is 5.82 Å². The molecule has 0 saturated carbocycles. The summed E-state index contributed by atoms with van der Waals surface area (Å²) in [6.07, 6.45) is -7.19. The third kappa shape index (κ3) is 5.62. The topological polar surface area (TPSA) is 88.2 Å². The van der Waals surface area contributed by atoms with Crippen LogP contribution in [0.15, 0.2) is 41.2 Å². The SMILES string of the molecule is CCn1c(COCc2ccccc2)nn(-c2nc(OC(C)C(F)(F)F)c(C(=O)Cl)cc2F)c1=O. The van der Waals surface area contributed by atoms with Crippen LogP contribution in [0.2, 0.25) is 0 Å². The van der Waals surface area contributed by atoms with E-state index in [1.54, 1.807) is 6.92 Å². The van der Waals surface area contributed by atoms with E-state index in [1.165, 1.54) is 4.57 Å². The summed E-state index contributed by atoms with van der Waals surface area (Å²) in [4.78, 5) is 28.0. The van der Waals surface area contributed by atoms with Crippen molar-refractivity contribution in [3.8, 4) is 11.7 Å². The first kappa shape index (κ1) is 25.4. The summed E-state index contributed by atoms with van der Waals surface area (Å²) in [5.41, 5.74) is -0.665. The Morgan fingerprint density at radius 3 is 2.47 bits per heavy atom. The largest absolute Gasteiger partial charge is 0.464 e. The maximum absolute atomic E-state index is 14.8. The van der Waals surface area contributed by atoms with E-state index in [1.807, 2.05) is 30.3 Å². The first-order chi connectivity index (χ1) is 16.0. The molecule has 2 heterocycles. The number of carbonyl (C=O) groups excluding carboxylic acids is 1. The summed E-state index contributed by atoms with van der Waals surface area (Å²) in [5, 5.41) is 2.74. The molecule has 13 heteroatoms. The quantitative estimate of drug-likeness (QED) is 0.324. The van der Waals surface area contributed by atoms with Crippen molar-refractivity contribution in [1.29, 1.82) is 0 Å². The number of alkyl halides is 3. The molecule has 0 N–H and O–H groups in total. The smallest absolute Gasteiger partial charge is 0.425 e. The molecule has 1 aromatic carbocycles. The molecule has 0 spiro atoms. The highest BCUT2D eigenvalue weighted by Crippen LogP contribution is 2.28. The van der Waals surface area contributed by atoms with E-state index in [-0.39, 0.29) is 25.6 Å². The van der Waals surface area contributed by atoms with Crippen LogP contribution in [0.4, 0.5) is 17.6 Å². The molecule has 182 valence electrons. The van der Waals surface area contributed by atoms with E-state index < -0.39 is 46.3 Å². The molecule has 0 saturated heterocycles. The van der Waals surface area contributed by atoms with Crippen molar-refractivity contribution in [3.05, 3.63) is 69.7 Å².